The predicted octanol–water partition coefficient (Wildman–Crippen LogP) is 0.709. The summed E-state index contributed by atoms with van der Waals surface area (Å²) in [7, 11) is 0. The third-order valence-corrected chi connectivity index (χ3v) is 4.44. The summed E-state index contributed by atoms with van der Waals surface area (Å²) in [5.74, 6) is 0. The second kappa shape index (κ2) is 6.74. The van der Waals surface area contributed by atoms with E-state index >= 15 is 0 Å². The van der Waals surface area contributed by atoms with Crippen LogP contribution in [-0.2, 0) is 14.2 Å². The second-order valence-electron chi connectivity index (χ2n) is 5.74. The lowest BCUT2D eigenvalue weighted by molar-refractivity contribution is -0.0931. The molecule has 0 aromatic heterocycles. The normalized spacial score (nSPS) is 29.7. The van der Waals surface area contributed by atoms with Crippen molar-refractivity contribution in [2.75, 3.05) is 52.6 Å². The molecule has 3 aliphatic rings. The van der Waals surface area contributed by atoms with E-state index in [1.54, 1.807) is 0 Å². The van der Waals surface area contributed by atoms with Crippen LogP contribution in [0.2, 0.25) is 0 Å². The van der Waals surface area contributed by atoms with Gasteiger partial charge in [0.1, 0.15) is 6.61 Å². The molecule has 0 saturated carbocycles. The number of amides is 1. The lowest BCUT2D eigenvalue weighted by atomic mass is 10.0. The lowest BCUT2D eigenvalue weighted by Crippen LogP contribution is -2.46. The van der Waals surface area contributed by atoms with Crippen molar-refractivity contribution in [2.24, 2.45) is 0 Å². The average Bonchev–Trinajstić information content (AvgIpc) is 2.93. The number of hydrogen-bond acceptors (Lipinski definition) is 5. The maximum absolute atomic E-state index is 11.5. The van der Waals surface area contributed by atoms with Crippen molar-refractivity contribution in [1.29, 1.82) is 0 Å². The van der Waals surface area contributed by atoms with Crippen molar-refractivity contribution >= 4 is 6.09 Å². The number of ether oxygens (including phenoxy) is 3. The molecule has 6 heteroatoms. The van der Waals surface area contributed by atoms with Gasteiger partial charge in [-0.1, -0.05) is 0 Å². The molecule has 1 unspecified atom stereocenters. The smallest absolute Gasteiger partial charge is 0.410 e. The Kier molecular flexibility index (Phi) is 4.75. The van der Waals surface area contributed by atoms with Crippen molar-refractivity contribution in [3.8, 4) is 0 Å². The molecule has 0 spiro atoms. The molecule has 0 aromatic carbocycles. The largest absolute Gasteiger partial charge is 0.448 e. The summed E-state index contributed by atoms with van der Waals surface area (Å²) in [4.78, 5) is 15.9. The number of hydrogen-bond donors (Lipinski definition) is 0. The highest BCUT2D eigenvalue weighted by molar-refractivity contribution is 5.69. The third-order valence-electron chi connectivity index (χ3n) is 4.44. The summed E-state index contributed by atoms with van der Waals surface area (Å²) >= 11 is 0. The standard InChI is InChI=1S/C14H24N2O4/c17-14-16(7-8-20-14)12-1-4-15(5-2-12)6-3-13-11-18-9-10-19-13/h12-13H,1-11H2. The Morgan fingerprint density at radius 1 is 1.10 bits per heavy atom. The van der Waals surface area contributed by atoms with Crippen molar-refractivity contribution in [3.05, 3.63) is 0 Å². The van der Waals surface area contributed by atoms with Crippen LogP contribution in [0, 0.1) is 0 Å². The quantitative estimate of drug-likeness (QED) is 0.761. The summed E-state index contributed by atoms with van der Waals surface area (Å²) in [6.45, 7) is 6.68. The zero-order valence-corrected chi connectivity index (χ0v) is 12.0. The van der Waals surface area contributed by atoms with Gasteiger partial charge >= 0.3 is 6.09 Å². The molecular formula is C14H24N2O4. The number of carbonyl (C=O) groups is 1. The van der Waals surface area contributed by atoms with E-state index in [0.717, 1.165) is 65.3 Å². The number of rotatable bonds is 4. The molecule has 1 amide bonds. The summed E-state index contributed by atoms with van der Waals surface area (Å²) in [6, 6.07) is 0.371. The molecule has 1 atom stereocenters. The van der Waals surface area contributed by atoms with E-state index in [2.05, 4.69) is 4.90 Å². The molecule has 114 valence electrons. The summed E-state index contributed by atoms with van der Waals surface area (Å²) in [5, 5.41) is 0. The maximum Gasteiger partial charge on any atom is 0.410 e. The van der Waals surface area contributed by atoms with Gasteiger partial charge in [0.2, 0.25) is 0 Å². The first-order valence-electron chi connectivity index (χ1n) is 7.68. The van der Waals surface area contributed by atoms with Crippen molar-refractivity contribution < 1.29 is 19.0 Å². The molecule has 3 aliphatic heterocycles. The lowest BCUT2D eigenvalue weighted by Gasteiger charge is -2.36. The van der Waals surface area contributed by atoms with E-state index in [-0.39, 0.29) is 12.2 Å². The third kappa shape index (κ3) is 3.42. The van der Waals surface area contributed by atoms with Gasteiger partial charge in [0, 0.05) is 25.7 Å². The SMILES string of the molecule is O=C1OCCN1C1CCN(CCC2COCCO2)CC1. The molecule has 0 radical (unpaired) electrons. The Labute approximate surface area is 119 Å². The molecule has 20 heavy (non-hydrogen) atoms. The van der Waals surface area contributed by atoms with Crippen LogP contribution in [0.4, 0.5) is 4.79 Å². The summed E-state index contributed by atoms with van der Waals surface area (Å²) in [5.41, 5.74) is 0. The minimum atomic E-state index is -0.129. The zero-order chi connectivity index (χ0) is 13.8. The Bertz CT molecular complexity index is 325. The molecule has 3 fully saturated rings. The number of likely N-dealkylation sites (tertiary alicyclic amines) is 1. The monoisotopic (exact) mass is 284 g/mol. The first kappa shape index (κ1) is 14.1. The van der Waals surface area contributed by atoms with Gasteiger partial charge in [-0.15, -0.1) is 0 Å². The van der Waals surface area contributed by atoms with Crippen LogP contribution in [0.5, 0.6) is 0 Å². The Balaban J connectivity index is 1.36. The Morgan fingerprint density at radius 2 is 1.95 bits per heavy atom. The second-order valence-corrected chi connectivity index (χ2v) is 5.74. The molecule has 0 aromatic rings. The highest BCUT2D eigenvalue weighted by Crippen LogP contribution is 2.20. The average molecular weight is 284 g/mol. The number of carbonyl (C=O) groups excluding carboxylic acids is 1. The zero-order valence-electron chi connectivity index (χ0n) is 12.0. The van der Waals surface area contributed by atoms with Crippen molar-refractivity contribution in [3.63, 3.8) is 0 Å². The van der Waals surface area contributed by atoms with E-state index in [0.29, 0.717) is 12.6 Å². The fourth-order valence-electron chi connectivity index (χ4n) is 3.22. The van der Waals surface area contributed by atoms with Gasteiger partial charge < -0.3 is 24.0 Å². The van der Waals surface area contributed by atoms with E-state index in [4.69, 9.17) is 14.2 Å². The minimum Gasteiger partial charge on any atom is -0.448 e. The first-order valence-corrected chi connectivity index (χ1v) is 7.68. The van der Waals surface area contributed by atoms with Crippen LogP contribution in [0.15, 0.2) is 0 Å². The van der Waals surface area contributed by atoms with Gasteiger partial charge in [-0.2, -0.15) is 0 Å². The van der Waals surface area contributed by atoms with E-state index in [9.17, 15) is 4.79 Å². The molecule has 6 nitrogen and oxygen atoms in total. The molecule has 0 aliphatic carbocycles. The minimum absolute atomic E-state index is 0.129. The number of piperidine rings is 1. The Hall–Kier alpha value is -0.850. The van der Waals surface area contributed by atoms with Crippen LogP contribution in [0.3, 0.4) is 0 Å². The van der Waals surface area contributed by atoms with E-state index in [1.165, 1.54) is 0 Å². The Morgan fingerprint density at radius 3 is 2.60 bits per heavy atom. The number of cyclic esters (lactones) is 1. The van der Waals surface area contributed by atoms with Crippen LogP contribution in [-0.4, -0.2) is 80.6 Å². The van der Waals surface area contributed by atoms with Gasteiger partial charge in [-0.05, 0) is 19.3 Å². The van der Waals surface area contributed by atoms with Crippen LogP contribution >= 0.6 is 0 Å². The van der Waals surface area contributed by atoms with Crippen LogP contribution in [0.25, 0.3) is 0 Å². The molecule has 0 bridgehead atoms. The molecular weight excluding hydrogens is 260 g/mol. The molecule has 3 saturated heterocycles. The fourth-order valence-corrected chi connectivity index (χ4v) is 3.22. The summed E-state index contributed by atoms with van der Waals surface area (Å²) in [6.07, 6.45) is 3.27. The maximum atomic E-state index is 11.5. The van der Waals surface area contributed by atoms with Gasteiger partial charge in [0.15, 0.2) is 0 Å². The van der Waals surface area contributed by atoms with Gasteiger partial charge in [-0.3, -0.25) is 0 Å². The highest BCUT2D eigenvalue weighted by atomic mass is 16.6. The van der Waals surface area contributed by atoms with Gasteiger partial charge in [0.25, 0.3) is 0 Å². The van der Waals surface area contributed by atoms with Gasteiger partial charge in [-0.25, -0.2) is 4.79 Å². The molecule has 3 rings (SSSR count). The number of nitrogens with zero attached hydrogens (tertiary/aromatic N) is 2. The van der Waals surface area contributed by atoms with Crippen LogP contribution < -0.4 is 0 Å². The van der Waals surface area contributed by atoms with Gasteiger partial charge in [0.05, 0.1) is 32.5 Å². The predicted molar refractivity (Wildman–Crippen MR) is 72.7 cm³/mol. The highest BCUT2D eigenvalue weighted by Gasteiger charge is 2.32. The topological polar surface area (TPSA) is 51.2 Å². The van der Waals surface area contributed by atoms with Crippen molar-refractivity contribution in [2.45, 2.75) is 31.4 Å². The van der Waals surface area contributed by atoms with E-state index < -0.39 is 0 Å². The first-order chi connectivity index (χ1) is 9.83. The van der Waals surface area contributed by atoms with E-state index in [1.807, 2.05) is 4.90 Å². The fraction of sp³-hybridized carbons (Fsp3) is 0.929. The van der Waals surface area contributed by atoms with Crippen LogP contribution in [0.1, 0.15) is 19.3 Å². The summed E-state index contributed by atoms with van der Waals surface area (Å²) < 4.78 is 16.1. The molecule has 3 heterocycles. The van der Waals surface area contributed by atoms with Crippen molar-refractivity contribution in [1.82, 2.24) is 9.80 Å². The molecule has 0 N–H and O–H groups in total.